The second-order valence-corrected chi connectivity index (χ2v) is 8.96. The van der Waals surface area contributed by atoms with E-state index in [1.807, 2.05) is 49.0 Å². The number of para-hydroxylation sites is 1. The number of carbonyl (C=O) groups is 2. The number of aryl methyl sites for hydroxylation is 1. The van der Waals surface area contributed by atoms with E-state index in [-0.39, 0.29) is 17.1 Å². The van der Waals surface area contributed by atoms with E-state index in [1.165, 1.54) is 0 Å². The van der Waals surface area contributed by atoms with Crippen LogP contribution in [0.15, 0.2) is 36.7 Å². The Morgan fingerprint density at radius 2 is 2.03 bits per heavy atom. The molecule has 7 nitrogen and oxygen atoms in total. The third-order valence-electron chi connectivity index (χ3n) is 5.97. The number of H-pyrrole nitrogens is 1. The number of hydrogen-bond acceptors (Lipinski definition) is 4. The highest BCUT2D eigenvalue weighted by Gasteiger charge is 2.36. The zero-order valence-electron chi connectivity index (χ0n) is 18.6. The quantitative estimate of drug-likeness (QED) is 0.658. The van der Waals surface area contributed by atoms with Gasteiger partial charge in [0.25, 0.3) is 5.91 Å². The fraction of sp³-hybridized carbons (Fsp3) is 0.375. The van der Waals surface area contributed by atoms with Gasteiger partial charge in [0.05, 0.1) is 7.11 Å². The van der Waals surface area contributed by atoms with E-state index < -0.39 is 6.04 Å². The smallest absolute Gasteiger partial charge is 0.268 e. The number of methoxy groups -OCH3 is 1. The minimum atomic E-state index is -0.518. The normalized spacial score (nSPS) is 16.0. The molecule has 1 amide bonds. The number of rotatable bonds is 5. The van der Waals surface area contributed by atoms with Crippen molar-refractivity contribution in [2.24, 2.45) is 12.5 Å². The van der Waals surface area contributed by atoms with Gasteiger partial charge in [-0.15, -0.1) is 0 Å². The molecule has 0 bridgehead atoms. The first-order chi connectivity index (χ1) is 14.7. The predicted octanol–water partition coefficient (Wildman–Crippen LogP) is 3.74. The molecule has 2 N–H and O–H groups in total. The second-order valence-electron chi connectivity index (χ2n) is 8.96. The summed E-state index contributed by atoms with van der Waals surface area (Å²) >= 11 is 0. The summed E-state index contributed by atoms with van der Waals surface area (Å²) in [4.78, 5) is 33.8. The summed E-state index contributed by atoms with van der Waals surface area (Å²) in [5.74, 6) is 1.15. The number of benzene rings is 1. The Morgan fingerprint density at radius 3 is 2.71 bits per heavy atom. The van der Waals surface area contributed by atoms with E-state index in [0.29, 0.717) is 34.8 Å². The number of fused-ring (bicyclic) bond motifs is 1. The number of Topliss-reactive ketones (excluding diaryl/α,β-unsaturated/α-hetero) is 1. The lowest BCUT2D eigenvalue weighted by molar-refractivity contribution is 0.0909. The van der Waals surface area contributed by atoms with Gasteiger partial charge in [0.1, 0.15) is 23.3 Å². The van der Waals surface area contributed by atoms with E-state index in [4.69, 9.17) is 4.74 Å². The highest BCUT2D eigenvalue weighted by Crippen LogP contribution is 2.37. The van der Waals surface area contributed by atoms with Crippen LogP contribution >= 0.6 is 0 Å². The standard InChI is InChI=1S/C24H28N4O3/c1-14-19-16(12-24(2,3)13-17(19)29)26-20(14)23(30)27-21(22-25-10-11-28(22)4)15-8-6-7-9-18(15)31-5/h6-11,21,26H,12-13H2,1-5H3,(H,27,30). The van der Waals surface area contributed by atoms with Crippen LogP contribution in [0, 0.1) is 12.3 Å². The minimum Gasteiger partial charge on any atom is -0.496 e. The van der Waals surface area contributed by atoms with Crippen molar-refractivity contribution >= 4 is 11.7 Å². The molecule has 4 rings (SSSR count). The Hall–Kier alpha value is -3.35. The monoisotopic (exact) mass is 420 g/mol. The van der Waals surface area contributed by atoms with Gasteiger partial charge in [-0.2, -0.15) is 0 Å². The van der Waals surface area contributed by atoms with Crippen LogP contribution in [0.3, 0.4) is 0 Å². The van der Waals surface area contributed by atoms with Crippen molar-refractivity contribution in [3.63, 3.8) is 0 Å². The van der Waals surface area contributed by atoms with Gasteiger partial charge in [0.15, 0.2) is 5.78 Å². The van der Waals surface area contributed by atoms with Gasteiger partial charge >= 0.3 is 0 Å². The molecule has 7 heteroatoms. The molecule has 162 valence electrons. The Morgan fingerprint density at radius 1 is 1.29 bits per heavy atom. The molecule has 0 saturated carbocycles. The number of aromatic amines is 1. The molecule has 0 fully saturated rings. The Bertz CT molecular complexity index is 1160. The molecule has 1 aromatic carbocycles. The van der Waals surface area contributed by atoms with Crippen LogP contribution in [0.4, 0.5) is 0 Å². The van der Waals surface area contributed by atoms with Gasteiger partial charge in [-0.3, -0.25) is 9.59 Å². The van der Waals surface area contributed by atoms with Gasteiger partial charge in [-0.1, -0.05) is 32.0 Å². The number of amides is 1. The van der Waals surface area contributed by atoms with Crippen molar-refractivity contribution in [2.45, 2.75) is 39.7 Å². The van der Waals surface area contributed by atoms with Crippen molar-refractivity contribution in [1.29, 1.82) is 0 Å². The number of ether oxygens (including phenoxy) is 1. The van der Waals surface area contributed by atoms with Crippen LogP contribution in [0.2, 0.25) is 0 Å². The third kappa shape index (κ3) is 3.76. The van der Waals surface area contributed by atoms with E-state index in [1.54, 1.807) is 13.3 Å². The molecule has 1 atom stereocenters. The molecule has 0 saturated heterocycles. The highest BCUT2D eigenvalue weighted by atomic mass is 16.5. The van der Waals surface area contributed by atoms with E-state index >= 15 is 0 Å². The molecule has 1 aliphatic carbocycles. The van der Waals surface area contributed by atoms with Crippen LogP contribution in [0.1, 0.15) is 69.8 Å². The van der Waals surface area contributed by atoms with Gasteiger partial charge in [-0.25, -0.2) is 4.98 Å². The summed E-state index contributed by atoms with van der Waals surface area (Å²) in [7, 11) is 3.49. The molecule has 2 heterocycles. The molecule has 1 aliphatic rings. The molecule has 0 radical (unpaired) electrons. The number of hydrogen-bond donors (Lipinski definition) is 2. The number of nitrogens with zero attached hydrogens (tertiary/aromatic N) is 2. The number of nitrogens with one attached hydrogen (secondary N) is 2. The summed E-state index contributed by atoms with van der Waals surface area (Å²) in [5.41, 5.74) is 3.31. The van der Waals surface area contributed by atoms with Crippen molar-refractivity contribution < 1.29 is 14.3 Å². The topological polar surface area (TPSA) is 89.0 Å². The summed E-state index contributed by atoms with van der Waals surface area (Å²) in [5, 5.41) is 3.11. The number of imidazole rings is 1. The number of ketones is 1. The van der Waals surface area contributed by atoms with E-state index in [0.717, 1.165) is 17.7 Å². The SMILES string of the molecule is COc1ccccc1C(NC(=O)c1[nH]c2c(c1C)C(=O)CC(C)(C)C2)c1nccn1C. The Balaban J connectivity index is 1.73. The molecular weight excluding hydrogens is 392 g/mol. The summed E-state index contributed by atoms with van der Waals surface area (Å²) in [6.45, 7) is 5.98. The largest absolute Gasteiger partial charge is 0.496 e. The predicted molar refractivity (Wildman–Crippen MR) is 117 cm³/mol. The van der Waals surface area contributed by atoms with Crippen LogP contribution in [0.5, 0.6) is 5.75 Å². The molecule has 2 aromatic heterocycles. The maximum Gasteiger partial charge on any atom is 0.268 e. The van der Waals surface area contributed by atoms with Crippen LogP contribution in [0.25, 0.3) is 0 Å². The summed E-state index contributed by atoms with van der Waals surface area (Å²) in [6, 6.07) is 7.04. The third-order valence-corrected chi connectivity index (χ3v) is 5.97. The fourth-order valence-electron chi connectivity index (χ4n) is 4.50. The average Bonchev–Trinajstić information content (AvgIpc) is 3.28. The maximum absolute atomic E-state index is 13.4. The lowest BCUT2D eigenvalue weighted by Crippen LogP contribution is -2.32. The fourth-order valence-corrected chi connectivity index (χ4v) is 4.50. The van der Waals surface area contributed by atoms with Gasteiger partial charge in [-0.05, 0) is 30.4 Å². The molecule has 3 aromatic rings. The van der Waals surface area contributed by atoms with Gasteiger partial charge in [0.2, 0.25) is 0 Å². The maximum atomic E-state index is 13.4. The second kappa shape index (κ2) is 7.72. The lowest BCUT2D eigenvalue weighted by atomic mass is 9.75. The van der Waals surface area contributed by atoms with Crippen molar-refractivity contribution in [3.05, 3.63) is 70.6 Å². The zero-order valence-corrected chi connectivity index (χ0v) is 18.6. The molecule has 31 heavy (non-hydrogen) atoms. The molecular formula is C24H28N4O3. The van der Waals surface area contributed by atoms with E-state index in [2.05, 4.69) is 29.1 Å². The molecule has 0 aliphatic heterocycles. The highest BCUT2D eigenvalue weighted by molar-refractivity contribution is 6.04. The Kier molecular flexibility index (Phi) is 5.21. The van der Waals surface area contributed by atoms with Crippen molar-refractivity contribution in [2.75, 3.05) is 7.11 Å². The minimum absolute atomic E-state index is 0.0874. The molecule has 1 unspecified atom stereocenters. The Labute approximate surface area is 181 Å². The first-order valence-electron chi connectivity index (χ1n) is 10.4. The van der Waals surface area contributed by atoms with E-state index in [9.17, 15) is 9.59 Å². The zero-order chi connectivity index (χ0) is 22.3. The van der Waals surface area contributed by atoms with Crippen molar-refractivity contribution in [1.82, 2.24) is 19.9 Å². The number of aromatic nitrogens is 3. The number of carbonyl (C=O) groups excluding carboxylic acids is 2. The first-order valence-corrected chi connectivity index (χ1v) is 10.4. The van der Waals surface area contributed by atoms with Crippen LogP contribution in [-0.4, -0.2) is 33.3 Å². The summed E-state index contributed by atoms with van der Waals surface area (Å²) < 4.78 is 7.41. The molecule has 0 spiro atoms. The summed E-state index contributed by atoms with van der Waals surface area (Å²) in [6.07, 6.45) is 4.75. The van der Waals surface area contributed by atoms with Gasteiger partial charge in [0, 0.05) is 42.7 Å². The average molecular weight is 421 g/mol. The van der Waals surface area contributed by atoms with Crippen LogP contribution in [-0.2, 0) is 13.5 Å². The lowest BCUT2D eigenvalue weighted by Gasteiger charge is -2.28. The van der Waals surface area contributed by atoms with Crippen LogP contribution < -0.4 is 10.1 Å². The first kappa shape index (κ1) is 20.9. The van der Waals surface area contributed by atoms with Crippen molar-refractivity contribution in [3.8, 4) is 5.75 Å². The van der Waals surface area contributed by atoms with Gasteiger partial charge < -0.3 is 19.6 Å².